The van der Waals surface area contributed by atoms with Gasteiger partial charge in [-0.05, 0) is 74.4 Å². The van der Waals surface area contributed by atoms with Gasteiger partial charge in [-0.25, -0.2) is 0 Å². The average molecular weight is 432 g/mol. The van der Waals surface area contributed by atoms with Crippen LogP contribution in [0.25, 0.3) is 10.8 Å². The Morgan fingerprint density at radius 1 is 1.09 bits per heavy atom. The minimum Gasteiger partial charge on any atom is -0.490 e. The van der Waals surface area contributed by atoms with Crippen molar-refractivity contribution in [2.24, 2.45) is 17.3 Å². The maximum Gasteiger partial charge on any atom is 0.138 e. The molecule has 3 nitrogen and oxygen atoms in total. The van der Waals surface area contributed by atoms with Crippen molar-refractivity contribution in [1.29, 1.82) is 0 Å². The van der Waals surface area contributed by atoms with Gasteiger partial charge >= 0.3 is 0 Å². The van der Waals surface area contributed by atoms with Crippen LogP contribution in [0.1, 0.15) is 77.2 Å². The number of likely N-dealkylation sites (tertiary alicyclic amines) is 1. The smallest absolute Gasteiger partial charge is 0.138 e. The van der Waals surface area contributed by atoms with Crippen LogP contribution in [0.5, 0.6) is 5.75 Å². The van der Waals surface area contributed by atoms with Crippen LogP contribution < -0.4 is 4.74 Å². The minimum absolute atomic E-state index is 0.173. The number of Topliss-reactive ketones (excluding diaryl/α,β-unsaturated/α-hetero) is 1. The van der Waals surface area contributed by atoms with Crippen molar-refractivity contribution >= 4 is 16.6 Å². The Kier molecular flexibility index (Phi) is 5.09. The van der Waals surface area contributed by atoms with Crippen molar-refractivity contribution in [3.63, 3.8) is 0 Å². The number of carbonyl (C=O) groups is 1. The molecule has 2 aromatic rings. The normalized spacial score (nSPS) is 32.3. The van der Waals surface area contributed by atoms with Gasteiger partial charge in [-0.3, -0.25) is 9.69 Å². The van der Waals surface area contributed by atoms with Crippen molar-refractivity contribution in [2.75, 3.05) is 0 Å². The first-order valence-electron chi connectivity index (χ1n) is 13.0. The Balaban J connectivity index is 1.18. The highest BCUT2D eigenvalue weighted by atomic mass is 16.5. The van der Waals surface area contributed by atoms with Crippen LogP contribution in [0.4, 0.5) is 0 Å². The predicted molar refractivity (Wildman–Crippen MR) is 129 cm³/mol. The van der Waals surface area contributed by atoms with Gasteiger partial charge < -0.3 is 4.74 Å². The van der Waals surface area contributed by atoms with E-state index in [4.69, 9.17) is 4.74 Å². The van der Waals surface area contributed by atoms with Crippen molar-refractivity contribution in [1.82, 2.24) is 4.90 Å². The highest BCUT2D eigenvalue weighted by molar-refractivity contribution is 5.89. The lowest BCUT2D eigenvalue weighted by molar-refractivity contribution is -0.193. The Bertz CT molecular complexity index is 1020. The van der Waals surface area contributed by atoms with Crippen LogP contribution in [0, 0.1) is 17.3 Å². The molecule has 0 amide bonds. The number of carbonyl (C=O) groups excluding carboxylic acids is 1. The third-order valence-corrected chi connectivity index (χ3v) is 9.23. The molecule has 1 aliphatic heterocycles. The van der Waals surface area contributed by atoms with Gasteiger partial charge in [0.2, 0.25) is 0 Å². The maximum atomic E-state index is 12.7. The first-order chi connectivity index (χ1) is 15.5. The molecule has 6 rings (SSSR count). The molecule has 4 fully saturated rings. The zero-order chi connectivity index (χ0) is 21.9. The van der Waals surface area contributed by atoms with Crippen LogP contribution in [-0.2, 0) is 11.3 Å². The second-order valence-electron chi connectivity index (χ2n) is 11.4. The first-order valence-corrected chi connectivity index (χ1v) is 13.0. The molecule has 4 unspecified atom stereocenters. The monoisotopic (exact) mass is 431 g/mol. The molecule has 1 spiro atoms. The van der Waals surface area contributed by atoms with E-state index in [1.54, 1.807) is 0 Å². The van der Waals surface area contributed by atoms with Crippen LogP contribution in [-0.4, -0.2) is 28.9 Å². The zero-order valence-corrected chi connectivity index (χ0v) is 19.7. The lowest BCUT2D eigenvalue weighted by atomic mass is 9.53. The Hall–Kier alpha value is -1.87. The van der Waals surface area contributed by atoms with Gasteiger partial charge in [-0.15, -0.1) is 0 Å². The van der Waals surface area contributed by atoms with E-state index in [-0.39, 0.29) is 5.92 Å². The van der Waals surface area contributed by atoms with E-state index < -0.39 is 0 Å². The second kappa shape index (κ2) is 7.87. The Morgan fingerprint density at radius 2 is 1.94 bits per heavy atom. The van der Waals surface area contributed by atoms with E-state index in [0.29, 0.717) is 35.3 Å². The number of nitrogens with zero attached hydrogens (tertiary/aromatic N) is 1. The molecule has 3 saturated carbocycles. The topological polar surface area (TPSA) is 29.5 Å². The standard InChI is InChI=1S/C29H37NO2/c1-19(2)28(31)22-16-27-29(17-22)14-13-26(29)30(27)18-20-11-12-24-21(15-20)7-6-10-25(24)32-23-8-4-3-5-9-23/h6-7,10-12,15,19,22-23,26-27H,3-5,8-9,13-14,16-18H2,1-2H3. The van der Waals surface area contributed by atoms with Crippen LogP contribution in [0.15, 0.2) is 36.4 Å². The van der Waals surface area contributed by atoms with Crippen LogP contribution in [0.2, 0.25) is 0 Å². The molecule has 3 heteroatoms. The predicted octanol–water partition coefficient (Wildman–Crippen LogP) is 6.52. The molecule has 4 aliphatic rings. The lowest BCUT2D eigenvalue weighted by Gasteiger charge is -2.68. The molecular weight excluding hydrogens is 394 g/mol. The Labute approximate surface area is 192 Å². The van der Waals surface area contributed by atoms with E-state index in [2.05, 4.69) is 55.1 Å². The number of ketones is 1. The highest BCUT2D eigenvalue weighted by Crippen LogP contribution is 2.67. The van der Waals surface area contributed by atoms with Crippen molar-refractivity contribution in [2.45, 2.75) is 96.4 Å². The molecule has 2 aromatic carbocycles. The summed E-state index contributed by atoms with van der Waals surface area (Å²) in [7, 11) is 0. The fraction of sp³-hybridized carbons (Fsp3) is 0.621. The summed E-state index contributed by atoms with van der Waals surface area (Å²) in [5, 5.41) is 2.53. The summed E-state index contributed by atoms with van der Waals surface area (Å²) in [5.41, 5.74) is 1.86. The molecule has 170 valence electrons. The summed E-state index contributed by atoms with van der Waals surface area (Å²) in [6, 6.07) is 14.8. The Morgan fingerprint density at radius 3 is 2.69 bits per heavy atom. The fourth-order valence-corrected chi connectivity index (χ4v) is 7.54. The molecule has 0 bridgehead atoms. The number of hydrogen-bond acceptors (Lipinski definition) is 3. The number of ether oxygens (including phenoxy) is 1. The summed E-state index contributed by atoms with van der Waals surface area (Å²) in [6.45, 7) is 5.15. The first kappa shape index (κ1) is 20.7. The van der Waals surface area contributed by atoms with E-state index >= 15 is 0 Å². The number of hydrogen-bond donors (Lipinski definition) is 0. The SMILES string of the molecule is CC(C)C(=O)C1CC2N(Cc3ccc4c(OC5CCCCC5)cccc4c3)C3CCC32C1. The summed E-state index contributed by atoms with van der Waals surface area (Å²) in [6.07, 6.45) is 11.6. The van der Waals surface area contributed by atoms with Gasteiger partial charge in [0, 0.05) is 41.3 Å². The van der Waals surface area contributed by atoms with Crippen LogP contribution >= 0.6 is 0 Å². The van der Waals surface area contributed by atoms with Gasteiger partial charge in [-0.1, -0.05) is 44.5 Å². The third kappa shape index (κ3) is 3.22. The number of rotatable bonds is 6. The van der Waals surface area contributed by atoms with Gasteiger partial charge in [-0.2, -0.15) is 0 Å². The number of piperidine rings is 1. The highest BCUT2D eigenvalue weighted by Gasteiger charge is 2.69. The molecule has 4 atom stereocenters. The zero-order valence-electron chi connectivity index (χ0n) is 19.7. The van der Waals surface area contributed by atoms with Crippen molar-refractivity contribution < 1.29 is 9.53 Å². The third-order valence-electron chi connectivity index (χ3n) is 9.23. The summed E-state index contributed by atoms with van der Waals surface area (Å²) < 4.78 is 6.43. The van der Waals surface area contributed by atoms with Gasteiger partial charge in [0.05, 0.1) is 6.10 Å². The lowest BCUT2D eigenvalue weighted by Crippen LogP contribution is -2.74. The van der Waals surface area contributed by atoms with Crippen molar-refractivity contribution in [3.8, 4) is 5.75 Å². The fourth-order valence-electron chi connectivity index (χ4n) is 7.54. The van der Waals surface area contributed by atoms with Gasteiger partial charge in [0.15, 0.2) is 0 Å². The molecular formula is C29H37NO2. The molecule has 3 aliphatic carbocycles. The summed E-state index contributed by atoms with van der Waals surface area (Å²) in [5.74, 6) is 2.01. The largest absolute Gasteiger partial charge is 0.490 e. The summed E-state index contributed by atoms with van der Waals surface area (Å²) in [4.78, 5) is 15.4. The molecule has 32 heavy (non-hydrogen) atoms. The average Bonchev–Trinajstić information content (AvgIpc) is 3.18. The number of fused-ring (bicyclic) bond motifs is 1. The number of benzene rings is 2. The summed E-state index contributed by atoms with van der Waals surface area (Å²) >= 11 is 0. The van der Waals surface area contributed by atoms with E-state index in [1.807, 2.05) is 0 Å². The molecule has 0 radical (unpaired) electrons. The van der Waals surface area contributed by atoms with Gasteiger partial charge in [0.25, 0.3) is 0 Å². The van der Waals surface area contributed by atoms with Gasteiger partial charge in [0.1, 0.15) is 11.5 Å². The van der Waals surface area contributed by atoms with E-state index in [1.165, 1.54) is 61.3 Å². The maximum absolute atomic E-state index is 12.7. The molecule has 1 heterocycles. The quantitative estimate of drug-likeness (QED) is 0.521. The molecule has 0 aromatic heterocycles. The second-order valence-corrected chi connectivity index (χ2v) is 11.4. The van der Waals surface area contributed by atoms with Crippen molar-refractivity contribution in [3.05, 3.63) is 42.0 Å². The minimum atomic E-state index is 0.173. The molecule has 1 saturated heterocycles. The van der Waals surface area contributed by atoms with E-state index in [0.717, 1.165) is 25.1 Å². The van der Waals surface area contributed by atoms with Crippen LogP contribution in [0.3, 0.4) is 0 Å². The molecule has 0 N–H and O–H groups in total. The van der Waals surface area contributed by atoms with E-state index in [9.17, 15) is 4.79 Å².